The molecule has 5 nitrogen and oxygen atoms in total. The van der Waals surface area contributed by atoms with E-state index in [4.69, 9.17) is 16.3 Å². The number of likely N-dealkylation sites (tertiary alicyclic amines) is 1. The highest BCUT2D eigenvalue weighted by atomic mass is 35.5. The Kier molecular flexibility index (Phi) is 5.63. The third-order valence-corrected chi connectivity index (χ3v) is 4.95. The van der Waals surface area contributed by atoms with Gasteiger partial charge in [0.25, 0.3) is 5.91 Å². The SMILES string of the molecule is CCn1ccnc1C1CCN(C(=O)[C@H](C)Oc2cccc(Cl)c2)CC1. The zero-order chi connectivity index (χ0) is 17.8. The fourth-order valence-electron chi connectivity index (χ4n) is 3.36. The number of amides is 1. The van der Waals surface area contributed by atoms with Crippen LogP contribution in [0.1, 0.15) is 38.4 Å². The van der Waals surface area contributed by atoms with Crippen molar-refractivity contribution in [3.8, 4) is 5.75 Å². The number of benzene rings is 1. The fraction of sp³-hybridized carbons (Fsp3) is 0.474. The molecule has 0 unspecified atom stereocenters. The molecule has 0 spiro atoms. The Morgan fingerprint density at radius 1 is 1.40 bits per heavy atom. The summed E-state index contributed by atoms with van der Waals surface area (Å²) in [6.45, 7) is 6.32. The van der Waals surface area contributed by atoms with Crippen molar-refractivity contribution in [3.63, 3.8) is 0 Å². The largest absolute Gasteiger partial charge is 0.481 e. The Labute approximate surface area is 153 Å². The van der Waals surface area contributed by atoms with Crippen molar-refractivity contribution < 1.29 is 9.53 Å². The first-order valence-electron chi connectivity index (χ1n) is 8.80. The van der Waals surface area contributed by atoms with Gasteiger partial charge in [0.2, 0.25) is 0 Å². The molecule has 1 aliphatic rings. The van der Waals surface area contributed by atoms with Crippen LogP contribution in [0.5, 0.6) is 5.75 Å². The van der Waals surface area contributed by atoms with Gasteiger partial charge in [0.15, 0.2) is 6.10 Å². The Hall–Kier alpha value is -2.01. The number of carbonyl (C=O) groups excluding carboxylic acids is 1. The van der Waals surface area contributed by atoms with E-state index in [0.29, 0.717) is 16.7 Å². The highest BCUT2D eigenvalue weighted by molar-refractivity contribution is 6.30. The summed E-state index contributed by atoms with van der Waals surface area (Å²) in [6, 6.07) is 7.14. The lowest BCUT2D eigenvalue weighted by Gasteiger charge is -2.33. The monoisotopic (exact) mass is 361 g/mol. The van der Waals surface area contributed by atoms with Gasteiger partial charge >= 0.3 is 0 Å². The number of aromatic nitrogens is 2. The maximum Gasteiger partial charge on any atom is 0.263 e. The van der Waals surface area contributed by atoms with Crippen LogP contribution in [-0.2, 0) is 11.3 Å². The molecule has 1 aliphatic heterocycles. The number of rotatable bonds is 5. The molecule has 3 rings (SSSR count). The second kappa shape index (κ2) is 7.91. The topological polar surface area (TPSA) is 47.4 Å². The molecular formula is C19H24ClN3O2. The summed E-state index contributed by atoms with van der Waals surface area (Å²) in [5.74, 6) is 2.20. The van der Waals surface area contributed by atoms with E-state index in [1.54, 1.807) is 19.1 Å². The molecule has 0 bridgehead atoms. The second-order valence-electron chi connectivity index (χ2n) is 6.39. The van der Waals surface area contributed by atoms with Crippen LogP contribution >= 0.6 is 11.6 Å². The van der Waals surface area contributed by atoms with E-state index in [1.807, 2.05) is 29.4 Å². The third kappa shape index (κ3) is 4.15. The molecule has 1 saturated heterocycles. The Morgan fingerprint density at radius 2 is 2.16 bits per heavy atom. The van der Waals surface area contributed by atoms with Crippen molar-refractivity contribution in [3.05, 3.63) is 47.5 Å². The molecular weight excluding hydrogens is 338 g/mol. The first-order valence-corrected chi connectivity index (χ1v) is 9.18. The molecule has 134 valence electrons. The van der Waals surface area contributed by atoms with Gasteiger partial charge < -0.3 is 14.2 Å². The van der Waals surface area contributed by atoms with Crippen molar-refractivity contribution in [1.29, 1.82) is 0 Å². The Bertz CT molecular complexity index is 723. The van der Waals surface area contributed by atoms with Crippen LogP contribution in [0.15, 0.2) is 36.7 Å². The predicted octanol–water partition coefficient (Wildman–Crippen LogP) is 3.73. The molecule has 25 heavy (non-hydrogen) atoms. The van der Waals surface area contributed by atoms with Crippen molar-refractivity contribution in [2.45, 2.75) is 45.3 Å². The van der Waals surface area contributed by atoms with Crippen molar-refractivity contribution in [2.75, 3.05) is 13.1 Å². The van der Waals surface area contributed by atoms with Gasteiger partial charge in [-0.3, -0.25) is 4.79 Å². The number of aryl methyl sites for hydroxylation is 1. The van der Waals surface area contributed by atoms with E-state index in [1.165, 1.54) is 0 Å². The maximum atomic E-state index is 12.7. The molecule has 1 amide bonds. The third-order valence-electron chi connectivity index (χ3n) is 4.72. The van der Waals surface area contributed by atoms with Gasteiger partial charge in [-0.2, -0.15) is 0 Å². The lowest BCUT2D eigenvalue weighted by Crippen LogP contribution is -2.44. The first kappa shape index (κ1) is 17.8. The van der Waals surface area contributed by atoms with Gasteiger partial charge in [-0.1, -0.05) is 17.7 Å². The first-order chi connectivity index (χ1) is 12.1. The standard InChI is InChI=1S/C19H24ClN3O2/c1-3-22-12-9-21-18(22)15-7-10-23(11-8-15)19(24)14(2)25-17-6-4-5-16(20)13-17/h4-6,9,12-15H,3,7-8,10-11H2,1-2H3/t14-/m0/s1. The number of imidazole rings is 1. The quantitative estimate of drug-likeness (QED) is 0.815. The number of hydrogen-bond acceptors (Lipinski definition) is 3. The van der Waals surface area contributed by atoms with Gasteiger partial charge in [0.05, 0.1) is 0 Å². The second-order valence-corrected chi connectivity index (χ2v) is 6.82. The van der Waals surface area contributed by atoms with Gasteiger partial charge in [0, 0.05) is 43.0 Å². The lowest BCUT2D eigenvalue weighted by atomic mass is 9.95. The van der Waals surface area contributed by atoms with Gasteiger partial charge in [-0.05, 0) is 44.9 Å². The number of nitrogens with zero attached hydrogens (tertiary/aromatic N) is 3. The number of ether oxygens (including phenoxy) is 1. The van der Waals surface area contributed by atoms with E-state index in [2.05, 4.69) is 16.5 Å². The molecule has 1 aromatic heterocycles. The van der Waals surface area contributed by atoms with Crippen LogP contribution in [0.25, 0.3) is 0 Å². The van der Waals surface area contributed by atoms with E-state index in [9.17, 15) is 4.79 Å². The number of piperidine rings is 1. The maximum absolute atomic E-state index is 12.7. The molecule has 1 fully saturated rings. The predicted molar refractivity (Wildman–Crippen MR) is 98.0 cm³/mol. The Balaban J connectivity index is 1.56. The smallest absolute Gasteiger partial charge is 0.263 e. The molecule has 1 atom stereocenters. The molecule has 0 N–H and O–H groups in total. The van der Waals surface area contributed by atoms with Gasteiger partial charge in [-0.25, -0.2) is 4.98 Å². The molecule has 0 saturated carbocycles. The molecule has 1 aromatic carbocycles. The highest BCUT2D eigenvalue weighted by Gasteiger charge is 2.29. The number of halogens is 1. The van der Waals surface area contributed by atoms with Crippen molar-refractivity contribution in [1.82, 2.24) is 14.5 Å². The van der Waals surface area contributed by atoms with Gasteiger partial charge in [-0.15, -0.1) is 0 Å². The van der Waals surface area contributed by atoms with Crippen LogP contribution in [0.2, 0.25) is 5.02 Å². The van der Waals surface area contributed by atoms with Crippen LogP contribution in [0.3, 0.4) is 0 Å². The van der Waals surface area contributed by atoms with Gasteiger partial charge in [0.1, 0.15) is 11.6 Å². The normalized spacial score (nSPS) is 16.7. The van der Waals surface area contributed by atoms with Crippen LogP contribution in [-0.4, -0.2) is 39.6 Å². The molecule has 2 heterocycles. The summed E-state index contributed by atoms with van der Waals surface area (Å²) < 4.78 is 7.94. The zero-order valence-corrected chi connectivity index (χ0v) is 15.4. The van der Waals surface area contributed by atoms with Crippen LogP contribution in [0.4, 0.5) is 0 Å². The van der Waals surface area contributed by atoms with Crippen molar-refractivity contribution in [2.24, 2.45) is 0 Å². The minimum absolute atomic E-state index is 0.0252. The van der Waals surface area contributed by atoms with Crippen LogP contribution < -0.4 is 4.74 Å². The minimum Gasteiger partial charge on any atom is -0.481 e. The Morgan fingerprint density at radius 3 is 2.84 bits per heavy atom. The average molecular weight is 362 g/mol. The molecule has 2 aromatic rings. The average Bonchev–Trinajstić information content (AvgIpc) is 3.10. The van der Waals surface area contributed by atoms with E-state index >= 15 is 0 Å². The summed E-state index contributed by atoms with van der Waals surface area (Å²) in [7, 11) is 0. The lowest BCUT2D eigenvalue weighted by molar-refractivity contribution is -0.139. The summed E-state index contributed by atoms with van der Waals surface area (Å²) in [6.07, 6.45) is 5.23. The fourth-order valence-corrected chi connectivity index (χ4v) is 3.54. The number of hydrogen-bond donors (Lipinski definition) is 0. The van der Waals surface area contributed by atoms with E-state index in [0.717, 1.165) is 38.3 Å². The molecule has 0 radical (unpaired) electrons. The summed E-state index contributed by atoms with van der Waals surface area (Å²) in [4.78, 5) is 19.0. The minimum atomic E-state index is -0.521. The summed E-state index contributed by atoms with van der Waals surface area (Å²) >= 11 is 5.96. The molecule has 6 heteroatoms. The van der Waals surface area contributed by atoms with E-state index in [-0.39, 0.29) is 5.91 Å². The molecule has 0 aliphatic carbocycles. The summed E-state index contributed by atoms with van der Waals surface area (Å²) in [5.41, 5.74) is 0. The van der Waals surface area contributed by atoms with Crippen LogP contribution in [0, 0.1) is 0 Å². The van der Waals surface area contributed by atoms with Crippen molar-refractivity contribution >= 4 is 17.5 Å². The zero-order valence-electron chi connectivity index (χ0n) is 14.7. The highest BCUT2D eigenvalue weighted by Crippen LogP contribution is 2.27. The summed E-state index contributed by atoms with van der Waals surface area (Å²) in [5, 5.41) is 0.601. The van der Waals surface area contributed by atoms with E-state index < -0.39 is 6.10 Å². The number of carbonyl (C=O) groups is 1.